The number of aryl methyl sites for hydroxylation is 1. The molecule has 0 unspecified atom stereocenters. The van der Waals surface area contributed by atoms with Gasteiger partial charge < -0.3 is 14.9 Å². The predicted molar refractivity (Wildman–Crippen MR) is 69.5 cm³/mol. The summed E-state index contributed by atoms with van der Waals surface area (Å²) in [6.07, 6.45) is 2.42. The van der Waals surface area contributed by atoms with E-state index in [1.165, 1.54) is 17.7 Å². The van der Waals surface area contributed by atoms with E-state index in [9.17, 15) is 0 Å². The first-order valence-corrected chi connectivity index (χ1v) is 7.02. The zero-order valence-electron chi connectivity index (χ0n) is 10.7. The maximum atomic E-state index is 4.72. The number of hydrogen-bond donors (Lipinski definition) is 0. The van der Waals surface area contributed by atoms with Crippen molar-refractivity contribution in [3.05, 3.63) is 44.7 Å². The third kappa shape index (κ3) is 3.86. The molecule has 88 valence electrons. The van der Waals surface area contributed by atoms with Crippen LogP contribution < -0.4 is 0 Å². The molecule has 0 fully saturated rings. The molecular formula is C14H21MoN. The predicted octanol–water partition coefficient (Wildman–Crippen LogP) is 4.26. The van der Waals surface area contributed by atoms with E-state index in [4.69, 9.17) is 3.50 Å². The van der Waals surface area contributed by atoms with E-state index in [1.807, 2.05) is 0 Å². The Morgan fingerprint density at radius 1 is 1.19 bits per heavy atom. The Morgan fingerprint density at radius 2 is 1.88 bits per heavy atom. The Kier molecular flexibility index (Phi) is 6.18. The Bertz CT molecular complexity index is 401. The molecule has 16 heavy (non-hydrogen) atoms. The van der Waals surface area contributed by atoms with Gasteiger partial charge in [0, 0.05) is 0 Å². The number of fused-ring (bicyclic) bond motifs is 1. The molecule has 0 amide bonds. The number of hydrogen-bond acceptors (Lipinski definition) is 1. The molecule has 0 radical (unpaired) electrons. The van der Waals surface area contributed by atoms with E-state index in [0.717, 1.165) is 6.42 Å². The van der Waals surface area contributed by atoms with Gasteiger partial charge in [0.2, 0.25) is 0 Å². The average molecular weight is 299 g/mol. The van der Waals surface area contributed by atoms with Crippen molar-refractivity contribution in [1.82, 2.24) is 0 Å². The van der Waals surface area contributed by atoms with Crippen LogP contribution in [0.2, 0.25) is 0 Å². The summed E-state index contributed by atoms with van der Waals surface area (Å²) in [5, 5.41) is 0. The van der Waals surface area contributed by atoms with Crippen molar-refractivity contribution in [2.75, 3.05) is 0 Å². The van der Waals surface area contributed by atoms with Gasteiger partial charge in [0.05, 0.1) is 0 Å². The van der Waals surface area contributed by atoms with Gasteiger partial charge in [-0.05, 0) is 0 Å². The molecule has 0 aromatic heterocycles. The van der Waals surface area contributed by atoms with Gasteiger partial charge in [-0.3, -0.25) is 0 Å². The summed E-state index contributed by atoms with van der Waals surface area (Å²) < 4.78 is 7.17. The van der Waals surface area contributed by atoms with Crippen LogP contribution in [-0.2, 0) is 24.3 Å². The molecule has 1 aromatic carbocycles. The zero-order valence-corrected chi connectivity index (χ0v) is 12.7. The second kappa shape index (κ2) is 6.35. The SMILES string of the molecule is CC1(C)[CH]=[Mo+2]=[N]c2ccccc2CC1.[CH3-].[CH3-]. The molecule has 1 aromatic rings. The van der Waals surface area contributed by atoms with E-state index in [1.54, 1.807) is 0 Å². The maximum Gasteiger partial charge on any atom is -0.358 e. The van der Waals surface area contributed by atoms with Crippen LogP contribution in [0, 0.1) is 20.3 Å². The van der Waals surface area contributed by atoms with E-state index in [2.05, 4.69) is 42.5 Å². The van der Waals surface area contributed by atoms with Gasteiger partial charge in [0.1, 0.15) is 0 Å². The van der Waals surface area contributed by atoms with Crippen LogP contribution in [0.3, 0.4) is 0 Å². The van der Waals surface area contributed by atoms with Crippen molar-refractivity contribution >= 4 is 10.1 Å². The van der Waals surface area contributed by atoms with Crippen LogP contribution in [0.4, 0.5) is 5.69 Å². The summed E-state index contributed by atoms with van der Waals surface area (Å²) in [6.45, 7) is 4.64. The van der Waals surface area contributed by atoms with E-state index in [0.29, 0.717) is 5.41 Å². The van der Waals surface area contributed by atoms with Gasteiger partial charge >= 0.3 is 93.4 Å². The summed E-state index contributed by atoms with van der Waals surface area (Å²) in [6, 6.07) is 8.56. The van der Waals surface area contributed by atoms with Gasteiger partial charge in [-0.1, -0.05) is 0 Å². The topological polar surface area (TPSA) is 12.4 Å². The summed E-state index contributed by atoms with van der Waals surface area (Å²) in [5.41, 5.74) is 3.06. The van der Waals surface area contributed by atoms with E-state index >= 15 is 0 Å². The molecule has 0 saturated carbocycles. The smallest absolute Gasteiger partial charge is 0.358 e. The van der Waals surface area contributed by atoms with E-state index in [-0.39, 0.29) is 32.8 Å². The molecule has 2 rings (SSSR count). The minimum Gasteiger partial charge on any atom is -0.358 e. The number of rotatable bonds is 0. The number of benzene rings is 1. The van der Waals surface area contributed by atoms with Crippen LogP contribution in [0.1, 0.15) is 25.8 Å². The molecule has 1 heterocycles. The Labute approximate surface area is 108 Å². The van der Waals surface area contributed by atoms with Crippen molar-refractivity contribution in [2.24, 2.45) is 8.91 Å². The largest absolute Gasteiger partial charge is 0.358 e. The van der Waals surface area contributed by atoms with Crippen molar-refractivity contribution in [3.8, 4) is 0 Å². The Hall–Kier alpha value is -0.422. The summed E-state index contributed by atoms with van der Waals surface area (Å²) in [7, 11) is 0. The monoisotopic (exact) mass is 301 g/mol. The van der Waals surface area contributed by atoms with Gasteiger partial charge in [-0.25, -0.2) is 0 Å². The maximum absolute atomic E-state index is 4.72. The molecule has 0 spiro atoms. The quantitative estimate of drug-likeness (QED) is 0.501. The van der Waals surface area contributed by atoms with Crippen LogP contribution in [0.25, 0.3) is 0 Å². The van der Waals surface area contributed by atoms with Crippen LogP contribution in [-0.4, -0.2) is 4.40 Å². The molecule has 0 bridgehead atoms. The number of nitrogens with zero attached hydrogens (tertiary/aromatic N) is 1. The first-order chi connectivity index (χ1) is 6.67. The Balaban J connectivity index is 0.00000112. The van der Waals surface area contributed by atoms with Gasteiger partial charge in [-0.15, -0.1) is 0 Å². The van der Waals surface area contributed by atoms with Crippen LogP contribution in [0.15, 0.2) is 27.8 Å². The standard InChI is InChI=1S/C12H15N.2CH3.Mo/c1-12(2,3)9-8-10-6-4-5-7-11(10)13;;;/h1,4-7H,8-9H2,2-3H3;2*1H3;/q;2*-1;+2. The Morgan fingerprint density at radius 3 is 2.62 bits per heavy atom. The van der Waals surface area contributed by atoms with Gasteiger partial charge in [-0.2, -0.15) is 0 Å². The molecule has 1 nitrogen and oxygen atoms in total. The average Bonchev–Trinajstić information content (AvgIpc) is 2.14. The van der Waals surface area contributed by atoms with Crippen molar-refractivity contribution < 1.29 is 17.9 Å². The van der Waals surface area contributed by atoms with Crippen molar-refractivity contribution in [2.45, 2.75) is 26.7 Å². The van der Waals surface area contributed by atoms with Gasteiger partial charge in [0.25, 0.3) is 0 Å². The molecule has 0 saturated heterocycles. The zero-order chi connectivity index (χ0) is 10.0. The fraction of sp³-hybridized carbons (Fsp3) is 0.357. The minimum absolute atomic E-state index is 0. The fourth-order valence-corrected chi connectivity index (χ4v) is 3.39. The summed E-state index contributed by atoms with van der Waals surface area (Å²) in [5.74, 6) is 0. The fourth-order valence-electron chi connectivity index (χ4n) is 1.55. The van der Waals surface area contributed by atoms with E-state index < -0.39 is 0 Å². The molecule has 1 aliphatic rings. The first-order valence-electron chi connectivity index (χ1n) is 4.97. The third-order valence-electron chi connectivity index (χ3n) is 2.55. The molecule has 1 aliphatic heterocycles. The van der Waals surface area contributed by atoms with Gasteiger partial charge in [0.15, 0.2) is 0 Å². The minimum atomic E-state index is -0.284. The summed E-state index contributed by atoms with van der Waals surface area (Å²) in [4.78, 5) is 0. The molecule has 2 heteroatoms. The van der Waals surface area contributed by atoms with Crippen molar-refractivity contribution in [3.63, 3.8) is 0 Å². The van der Waals surface area contributed by atoms with Crippen LogP contribution in [0.5, 0.6) is 0 Å². The normalized spacial score (nSPS) is 16.1. The first kappa shape index (κ1) is 15.6. The molecule has 0 N–H and O–H groups in total. The summed E-state index contributed by atoms with van der Waals surface area (Å²) >= 11 is -0.284. The van der Waals surface area contributed by atoms with Crippen molar-refractivity contribution in [1.29, 1.82) is 0 Å². The second-order valence-corrected chi connectivity index (χ2v) is 5.98. The molecule has 0 aliphatic carbocycles. The molecule has 0 atom stereocenters. The molecular weight excluding hydrogens is 278 g/mol. The van der Waals surface area contributed by atoms with Crippen LogP contribution >= 0.6 is 0 Å². The third-order valence-corrected chi connectivity index (χ3v) is 5.12. The second-order valence-electron chi connectivity index (χ2n) is 4.43.